The number of fused-ring (bicyclic) bond motifs is 1. The number of aryl methyl sites for hydroxylation is 5. The maximum Gasteiger partial charge on any atom is 0.229 e. The van der Waals surface area contributed by atoms with Crippen LogP contribution in [0.1, 0.15) is 33.5 Å². The van der Waals surface area contributed by atoms with Crippen LogP contribution in [-0.4, -0.2) is 20.7 Å². The molecule has 0 saturated carbocycles. The summed E-state index contributed by atoms with van der Waals surface area (Å²) >= 11 is 1.58. The lowest BCUT2D eigenvalue weighted by Gasteiger charge is -2.09. The molecule has 0 bridgehead atoms. The van der Waals surface area contributed by atoms with E-state index in [4.69, 9.17) is 4.98 Å². The third-order valence-corrected chi connectivity index (χ3v) is 5.93. The Balaban J connectivity index is 1.64. The molecule has 1 N–H and O–H groups in total. The van der Waals surface area contributed by atoms with Gasteiger partial charge in [-0.1, -0.05) is 41.2 Å². The normalized spacial score (nSPS) is 11.2. The van der Waals surface area contributed by atoms with Gasteiger partial charge in [0.1, 0.15) is 5.82 Å². The maximum absolute atomic E-state index is 12.7. The summed E-state index contributed by atoms with van der Waals surface area (Å²) in [6.45, 7) is 10.1. The van der Waals surface area contributed by atoms with Gasteiger partial charge < -0.3 is 5.32 Å². The number of nitrogens with one attached hydrogen (secondary N) is 1. The van der Waals surface area contributed by atoms with Gasteiger partial charge in [-0.25, -0.2) is 4.98 Å². The largest absolute Gasteiger partial charge is 0.310 e. The van der Waals surface area contributed by atoms with Crippen LogP contribution in [0.2, 0.25) is 0 Å². The molecule has 148 valence electrons. The van der Waals surface area contributed by atoms with Crippen LogP contribution in [0, 0.1) is 34.6 Å². The third kappa shape index (κ3) is 3.93. The Kier molecular flexibility index (Phi) is 4.96. The number of anilines is 1. The summed E-state index contributed by atoms with van der Waals surface area (Å²) in [5, 5.41) is 8.35. The first kappa shape index (κ1) is 19.3. The predicted octanol–water partition coefficient (Wildman–Crippen LogP) is 5.21. The standard InChI is InChI=1S/C23H24N4OS/c1-13-6-7-15(3)18(9-13)12-21(28)24-20-11-17(5)26-27(20)23-25-22-16(4)8-14(2)10-19(22)29-23/h6-11H,12H2,1-5H3,(H,24,28). The van der Waals surface area contributed by atoms with Gasteiger partial charge in [0.15, 0.2) is 0 Å². The molecule has 0 aliphatic carbocycles. The van der Waals surface area contributed by atoms with Gasteiger partial charge in [-0.15, -0.1) is 0 Å². The van der Waals surface area contributed by atoms with E-state index >= 15 is 0 Å². The maximum atomic E-state index is 12.7. The highest BCUT2D eigenvalue weighted by molar-refractivity contribution is 7.20. The second kappa shape index (κ2) is 7.44. The Bertz CT molecular complexity index is 1240. The van der Waals surface area contributed by atoms with E-state index in [1.54, 1.807) is 16.0 Å². The molecule has 0 atom stereocenters. The van der Waals surface area contributed by atoms with Gasteiger partial charge in [0.25, 0.3) is 0 Å². The Morgan fingerprint density at radius 3 is 2.59 bits per heavy atom. The van der Waals surface area contributed by atoms with Crippen LogP contribution in [0.3, 0.4) is 0 Å². The molecule has 2 aromatic heterocycles. The van der Waals surface area contributed by atoms with Crippen LogP contribution in [0.25, 0.3) is 15.3 Å². The molecule has 2 aromatic carbocycles. The molecule has 5 nitrogen and oxygen atoms in total. The molecule has 0 unspecified atom stereocenters. The second-order valence-corrected chi connectivity index (χ2v) is 8.67. The number of nitrogens with zero attached hydrogens (tertiary/aromatic N) is 3. The topological polar surface area (TPSA) is 59.8 Å². The SMILES string of the molecule is Cc1ccc(C)c(CC(=O)Nc2cc(C)nn2-c2nc3c(C)cc(C)cc3s2)c1. The molecular formula is C23H24N4OS. The van der Waals surface area contributed by atoms with Crippen molar-refractivity contribution >= 4 is 33.3 Å². The molecule has 2 heterocycles. The molecule has 0 aliphatic rings. The molecule has 0 radical (unpaired) electrons. The van der Waals surface area contributed by atoms with Crippen LogP contribution in [0.15, 0.2) is 36.4 Å². The van der Waals surface area contributed by atoms with Crippen LogP contribution in [0.5, 0.6) is 0 Å². The van der Waals surface area contributed by atoms with E-state index in [2.05, 4.69) is 54.6 Å². The highest BCUT2D eigenvalue weighted by Gasteiger charge is 2.16. The number of carbonyl (C=O) groups is 1. The van der Waals surface area contributed by atoms with Gasteiger partial charge >= 0.3 is 0 Å². The van der Waals surface area contributed by atoms with Crippen molar-refractivity contribution in [2.45, 2.75) is 41.0 Å². The van der Waals surface area contributed by atoms with Crippen molar-refractivity contribution in [2.75, 3.05) is 5.32 Å². The predicted molar refractivity (Wildman–Crippen MR) is 119 cm³/mol. The van der Waals surface area contributed by atoms with Crippen LogP contribution in [-0.2, 0) is 11.2 Å². The molecule has 0 aliphatic heterocycles. The fourth-order valence-corrected chi connectivity index (χ4v) is 4.64. The summed E-state index contributed by atoms with van der Waals surface area (Å²) in [4.78, 5) is 17.5. The number of thiazole rings is 1. The Morgan fingerprint density at radius 1 is 1.00 bits per heavy atom. The molecule has 6 heteroatoms. The van der Waals surface area contributed by atoms with E-state index in [0.29, 0.717) is 12.2 Å². The molecule has 29 heavy (non-hydrogen) atoms. The van der Waals surface area contributed by atoms with E-state index in [0.717, 1.165) is 43.3 Å². The first-order chi connectivity index (χ1) is 13.8. The number of benzene rings is 2. The summed E-state index contributed by atoms with van der Waals surface area (Å²) < 4.78 is 2.86. The average molecular weight is 405 g/mol. The molecule has 1 amide bonds. The first-order valence-electron chi connectivity index (χ1n) is 9.61. The third-order valence-electron chi connectivity index (χ3n) is 4.95. The number of hydrogen-bond donors (Lipinski definition) is 1. The summed E-state index contributed by atoms with van der Waals surface area (Å²) in [5.41, 5.74) is 7.48. The summed E-state index contributed by atoms with van der Waals surface area (Å²) in [7, 11) is 0. The fraction of sp³-hybridized carbons (Fsp3) is 0.261. The molecule has 0 spiro atoms. The highest BCUT2D eigenvalue weighted by atomic mass is 32.1. The van der Waals surface area contributed by atoms with Crippen molar-refractivity contribution in [2.24, 2.45) is 0 Å². The number of carbonyl (C=O) groups excluding carboxylic acids is 1. The lowest BCUT2D eigenvalue weighted by atomic mass is 10.0. The fourth-order valence-electron chi connectivity index (χ4n) is 3.53. The molecule has 0 fully saturated rings. The van der Waals surface area contributed by atoms with Crippen molar-refractivity contribution < 1.29 is 4.79 Å². The van der Waals surface area contributed by atoms with Crippen molar-refractivity contribution in [1.82, 2.24) is 14.8 Å². The zero-order valence-corrected chi connectivity index (χ0v) is 18.1. The average Bonchev–Trinajstić information content (AvgIpc) is 3.21. The number of rotatable bonds is 4. The zero-order valence-electron chi connectivity index (χ0n) is 17.3. The monoisotopic (exact) mass is 404 g/mol. The smallest absolute Gasteiger partial charge is 0.229 e. The minimum atomic E-state index is -0.0620. The second-order valence-electron chi connectivity index (χ2n) is 7.66. The lowest BCUT2D eigenvalue weighted by molar-refractivity contribution is -0.115. The Labute approximate surface area is 174 Å². The summed E-state index contributed by atoms with van der Waals surface area (Å²) in [6.07, 6.45) is 0.329. The van der Waals surface area contributed by atoms with Crippen LogP contribution >= 0.6 is 11.3 Å². The van der Waals surface area contributed by atoms with E-state index < -0.39 is 0 Å². The van der Waals surface area contributed by atoms with Gasteiger partial charge in [-0.3, -0.25) is 4.79 Å². The van der Waals surface area contributed by atoms with Gasteiger partial charge in [-0.2, -0.15) is 9.78 Å². The minimum absolute atomic E-state index is 0.0620. The van der Waals surface area contributed by atoms with Gasteiger partial charge in [-0.05, 0) is 62.9 Å². The molecular weight excluding hydrogens is 380 g/mol. The van der Waals surface area contributed by atoms with E-state index in [1.807, 2.05) is 26.8 Å². The summed E-state index contributed by atoms with van der Waals surface area (Å²) in [6, 6.07) is 12.3. The van der Waals surface area contributed by atoms with E-state index in [9.17, 15) is 4.79 Å². The van der Waals surface area contributed by atoms with Crippen molar-refractivity contribution in [3.05, 3.63) is 69.9 Å². The zero-order chi connectivity index (χ0) is 20.7. The van der Waals surface area contributed by atoms with Gasteiger partial charge in [0, 0.05) is 6.07 Å². The lowest BCUT2D eigenvalue weighted by Crippen LogP contribution is -2.17. The highest BCUT2D eigenvalue weighted by Crippen LogP contribution is 2.30. The quantitative estimate of drug-likeness (QED) is 0.508. The van der Waals surface area contributed by atoms with Crippen molar-refractivity contribution in [1.29, 1.82) is 0 Å². The summed E-state index contributed by atoms with van der Waals surface area (Å²) in [5.74, 6) is 0.583. The van der Waals surface area contributed by atoms with E-state index in [-0.39, 0.29) is 5.91 Å². The Morgan fingerprint density at radius 2 is 1.79 bits per heavy atom. The first-order valence-corrected chi connectivity index (χ1v) is 10.4. The number of hydrogen-bond acceptors (Lipinski definition) is 4. The number of aromatic nitrogens is 3. The number of amides is 1. The minimum Gasteiger partial charge on any atom is -0.310 e. The van der Waals surface area contributed by atoms with Gasteiger partial charge in [0.2, 0.25) is 11.0 Å². The Hall–Kier alpha value is -2.99. The van der Waals surface area contributed by atoms with Crippen LogP contribution < -0.4 is 5.32 Å². The van der Waals surface area contributed by atoms with Crippen molar-refractivity contribution in [3.8, 4) is 5.13 Å². The van der Waals surface area contributed by atoms with E-state index in [1.165, 1.54) is 5.56 Å². The molecule has 4 rings (SSSR count). The molecule has 4 aromatic rings. The molecule has 0 saturated heterocycles. The van der Waals surface area contributed by atoms with Gasteiger partial charge in [0.05, 0.1) is 22.3 Å². The van der Waals surface area contributed by atoms with Crippen molar-refractivity contribution in [3.63, 3.8) is 0 Å². The van der Waals surface area contributed by atoms with Crippen LogP contribution in [0.4, 0.5) is 5.82 Å².